The number of hydrogen-bond acceptors (Lipinski definition) is 2. The summed E-state index contributed by atoms with van der Waals surface area (Å²) < 4.78 is 5.69. The average Bonchev–Trinajstić information content (AvgIpc) is 2.18. The van der Waals surface area contributed by atoms with E-state index in [2.05, 4.69) is 39.0 Å². The largest absolute Gasteiger partial charge is 0.494 e. The van der Waals surface area contributed by atoms with Crippen LogP contribution in [0, 0.1) is 0 Å². The van der Waals surface area contributed by atoms with Gasteiger partial charge in [0.25, 0.3) is 0 Å². The Labute approximate surface area is 105 Å². The number of hydrogen-bond donors (Lipinski definition) is 1. The van der Waals surface area contributed by atoms with Crippen molar-refractivity contribution in [3.8, 4) is 5.75 Å². The lowest BCUT2D eigenvalue weighted by atomic mass is 9.85. The highest BCUT2D eigenvalue weighted by Gasteiger charge is 2.19. The van der Waals surface area contributed by atoms with Crippen LogP contribution < -0.4 is 10.5 Å². The number of benzene rings is 1. The van der Waals surface area contributed by atoms with Gasteiger partial charge in [-0.05, 0) is 42.9 Å². The van der Waals surface area contributed by atoms with Gasteiger partial charge in [0, 0.05) is 6.04 Å². The molecular weight excluding hydrogens is 210 g/mol. The summed E-state index contributed by atoms with van der Waals surface area (Å²) >= 11 is 0. The van der Waals surface area contributed by atoms with Gasteiger partial charge in [0.1, 0.15) is 5.75 Å². The summed E-state index contributed by atoms with van der Waals surface area (Å²) in [7, 11) is 0. The standard InChI is InChI=1S/C15H25NO/c1-6-17-14-8-7-12(9-11(2)16)10-13(14)15(3,4)5/h7-8,10-11H,6,9,16H2,1-5H3. The molecule has 2 nitrogen and oxygen atoms in total. The van der Waals surface area contributed by atoms with Crippen molar-refractivity contribution in [2.45, 2.75) is 52.5 Å². The second-order valence-electron chi connectivity index (χ2n) is 5.69. The molecule has 0 spiro atoms. The molecule has 0 saturated heterocycles. The van der Waals surface area contributed by atoms with E-state index < -0.39 is 0 Å². The second-order valence-corrected chi connectivity index (χ2v) is 5.69. The zero-order valence-corrected chi connectivity index (χ0v) is 11.7. The summed E-state index contributed by atoms with van der Waals surface area (Å²) in [6, 6.07) is 6.61. The molecule has 0 bridgehead atoms. The van der Waals surface area contributed by atoms with E-state index >= 15 is 0 Å². The van der Waals surface area contributed by atoms with E-state index in [0.717, 1.165) is 12.2 Å². The molecule has 1 unspecified atom stereocenters. The Morgan fingerprint density at radius 1 is 1.29 bits per heavy atom. The Kier molecular flexibility index (Phi) is 4.58. The molecule has 0 aliphatic carbocycles. The Balaban J connectivity index is 3.10. The van der Waals surface area contributed by atoms with Crippen molar-refractivity contribution in [2.24, 2.45) is 5.73 Å². The fourth-order valence-corrected chi connectivity index (χ4v) is 1.94. The van der Waals surface area contributed by atoms with Crippen molar-refractivity contribution >= 4 is 0 Å². The molecule has 1 atom stereocenters. The van der Waals surface area contributed by atoms with Crippen molar-refractivity contribution in [3.05, 3.63) is 29.3 Å². The molecule has 0 heterocycles. The monoisotopic (exact) mass is 235 g/mol. The van der Waals surface area contributed by atoms with Crippen molar-refractivity contribution < 1.29 is 4.74 Å². The molecule has 17 heavy (non-hydrogen) atoms. The lowest BCUT2D eigenvalue weighted by molar-refractivity contribution is 0.329. The van der Waals surface area contributed by atoms with E-state index in [4.69, 9.17) is 10.5 Å². The smallest absolute Gasteiger partial charge is 0.123 e. The molecule has 1 rings (SSSR count). The maximum Gasteiger partial charge on any atom is 0.123 e. The molecule has 96 valence electrons. The van der Waals surface area contributed by atoms with Crippen LogP contribution in [0.4, 0.5) is 0 Å². The van der Waals surface area contributed by atoms with E-state index in [1.807, 2.05) is 13.8 Å². The highest BCUT2D eigenvalue weighted by molar-refractivity contribution is 5.41. The van der Waals surface area contributed by atoms with Crippen LogP contribution in [-0.2, 0) is 11.8 Å². The maximum atomic E-state index is 5.85. The zero-order chi connectivity index (χ0) is 13.1. The van der Waals surface area contributed by atoms with Gasteiger partial charge in [-0.25, -0.2) is 0 Å². The Hall–Kier alpha value is -1.02. The Bertz CT molecular complexity index is 364. The lowest BCUT2D eigenvalue weighted by Gasteiger charge is -2.23. The first-order chi connectivity index (χ1) is 7.84. The van der Waals surface area contributed by atoms with Gasteiger partial charge in [0.2, 0.25) is 0 Å². The van der Waals surface area contributed by atoms with Crippen molar-refractivity contribution in [3.63, 3.8) is 0 Å². The number of rotatable bonds is 4. The van der Waals surface area contributed by atoms with Crippen molar-refractivity contribution in [1.29, 1.82) is 0 Å². The van der Waals surface area contributed by atoms with Crippen LogP contribution in [0.3, 0.4) is 0 Å². The van der Waals surface area contributed by atoms with Crippen molar-refractivity contribution in [1.82, 2.24) is 0 Å². The highest BCUT2D eigenvalue weighted by atomic mass is 16.5. The van der Waals surface area contributed by atoms with Gasteiger partial charge in [0.15, 0.2) is 0 Å². The molecule has 0 fully saturated rings. The second kappa shape index (κ2) is 5.54. The predicted octanol–water partition coefficient (Wildman–Crippen LogP) is 3.27. The van der Waals surface area contributed by atoms with E-state index in [0.29, 0.717) is 6.61 Å². The van der Waals surface area contributed by atoms with Crippen LogP contribution >= 0.6 is 0 Å². The molecule has 0 aliphatic rings. The van der Waals surface area contributed by atoms with Crippen LogP contribution in [0.2, 0.25) is 0 Å². The first kappa shape index (κ1) is 14.0. The molecule has 0 aromatic heterocycles. The van der Waals surface area contributed by atoms with Gasteiger partial charge in [-0.3, -0.25) is 0 Å². The first-order valence-electron chi connectivity index (χ1n) is 6.36. The average molecular weight is 235 g/mol. The summed E-state index contributed by atoms with van der Waals surface area (Å²) in [6.45, 7) is 11.4. The Morgan fingerprint density at radius 3 is 2.41 bits per heavy atom. The van der Waals surface area contributed by atoms with E-state index in [9.17, 15) is 0 Å². The van der Waals surface area contributed by atoms with Gasteiger partial charge in [-0.2, -0.15) is 0 Å². The quantitative estimate of drug-likeness (QED) is 0.869. The molecule has 0 radical (unpaired) electrons. The number of nitrogens with two attached hydrogens (primary N) is 1. The van der Waals surface area contributed by atoms with Gasteiger partial charge < -0.3 is 10.5 Å². The fourth-order valence-electron chi connectivity index (χ4n) is 1.94. The molecular formula is C15H25NO. The van der Waals surface area contributed by atoms with Crippen LogP contribution in [0.5, 0.6) is 5.75 Å². The zero-order valence-electron chi connectivity index (χ0n) is 11.7. The number of ether oxygens (including phenoxy) is 1. The minimum absolute atomic E-state index is 0.0956. The summed E-state index contributed by atoms with van der Waals surface area (Å²) in [5.74, 6) is 0.994. The lowest BCUT2D eigenvalue weighted by Crippen LogP contribution is -2.19. The van der Waals surface area contributed by atoms with Gasteiger partial charge >= 0.3 is 0 Å². The Morgan fingerprint density at radius 2 is 1.94 bits per heavy atom. The third-order valence-corrected chi connectivity index (χ3v) is 2.71. The summed E-state index contributed by atoms with van der Waals surface area (Å²) in [5, 5.41) is 0. The molecule has 2 heteroatoms. The van der Waals surface area contributed by atoms with Crippen molar-refractivity contribution in [2.75, 3.05) is 6.61 Å². The summed E-state index contributed by atoms with van der Waals surface area (Å²) in [6.07, 6.45) is 0.912. The molecule has 2 N–H and O–H groups in total. The minimum Gasteiger partial charge on any atom is -0.494 e. The molecule has 1 aromatic rings. The third-order valence-electron chi connectivity index (χ3n) is 2.71. The topological polar surface area (TPSA) is 35.2 Å². The van der Waals surface area contributed by atoms with E-state index in [1.165, 1.54) is 11.1 Å². The molecule has 0 saturated carbocycles. The van der Waals surface area contributed by atoms with Crippen LogP contribution in [0.15, 0.2) is 18.2 Å². The SMILES string of the molecule is CCOc1ccc(CC(C)N)cc1C(C)(C)C. The van der Waals surface area contributed by atoms with Crippen LogP contribution in [0.1, 0.15) is 45.7 Å². The predicted molar refractivity (Wildman–Crippen MR) is 73.7 cm³/mol. The molecule has 0 aliphatic heterocycles. The summed E-state index contributed by atoms with van der Waals surface area (Å²) in [4.78, 5) is 0. The molecule has 0 amide bonds. The van der Waals surface area contributed by atoms with E-state index in [-0.39, 0.29) is 11.5 Å². The maximum absolute atomic E-state index is 5.85. The molecule has 1 aromatic carbocycles. The normalized spacial score (nSPS) is 13.5. The first-order valence-corrected chi connectivity index (χ1v) is 6.36. The third kappa shape index (κ3) is 4.04. The minimum atomic E-state index is 0.0956. The summed E-state index contributed by atoms with van der Waals surface area (Å²) in [5.41, 5.74) is 8.49. The highest BCUT2D eigenvalue weighted by Crippen LogP contribution is 2.32. The van der Waals surface area contributed by atoms with Gasteiger partial charge in [-0.1, -0.05) is 32.9 Å². The van der Waals surface area contributed by atoms with Crippen LogP contribution in [0.25, 0.3) is 0 Å². The fraction of sp³-hybridized carbons (Fsp3) is 0.600. The van der Waals surface area contributed by atoms with Gasteiger partial charge in [-0.15, -0.1) is 0 Å². The van der Waals surface area contributed by atoms with Gasteiger partial charge in [0.05, 0.1) is 6.61 Å². The van der Waals surface area contributed by atoms with Crippen LogP contribution in [-0.4, -0.2) is 12.6 Å². The van der Waals surface area contributed by atoms with E-state index in [1.54, 1.807) is 0 Å².